The minimum Gasteiger partial charge on any atom is -0.495 e. The summed E-state index contributed by atoms with van der Waals surface area (Å²) in [7, 11) is -2.49. The molecule has 3 rings (SSSR count). The largest absolute Gasteiger partial charge is 0.495 e. The molecule has 2 aromatic rings. The second-order valence-corrected chi connectivity index (χ2v) is 8.17. The molecule has 0 bridgehead atoms. The minimum atomic E-state index is -3.91. The Morgan fingerprint density at radius 2 is 1.85 bits per heavy atom. The minimum absolute atomic E-state index is 0.0717. The van der Waals surface area contributed by atoms with Gasteiger partial charge in [0.25, 0.3) is 15.7 Å². The van der Waals surface area contributed by atoms with Gasteiger partial charge in [-0.05, 0) is 55.5 Å². The molecule has 26 heavy (non-hydrogen) atoms. The van der Waals surface area contributed by atoms with E-state index in [1.807, 2.05) is 13.8 Å². The molecule has 2 aromatic carbocycles. The Morgan fingerprint density at radius 1 is 1.15 bits per heavy atom. The standard InChI is InChI=1S/C18H20N2O5S/c1-12-9-17(25-3)18(10-13(12)2)26(23,24)19-8-4-5-14-6-7-15(20(21)22)11-16(14)19/h6-7,9-11H,4-5,8H2,1-3H3. The average Bonchev–Trinajstić information content (AvgIpc) is 2.62. The van der Waals surface area contributed by atoms with Gasteiger partial charge < -0.3 is 4.74 Å². The molecule has 0 N–H and O–H groups in total. The molecule has 1 aliphatic heterocycles. The second-order valence-electron chi connectivity index (χ2n) is 6.34. The Labute approximate surface area is 152 Å². The lowest BCUT2D eigenvalue weighted by Crippen LogP contribution is -2.35. The van der Waals surface area contributed by atoms with Crippen LogP contribution >= 0.6 is 0 Å². The van der Waals surface area contributed by atoms with Gasteiger partial charge in [0.15, 0.2) is 0 Å². The first-order chi connectivity index (χ1) is 12.3. The maximum atomic E-state index is 13.4. The molecule has 1 aliphatic rings. The fourth-order valence-electron chi connectivity index (χ4n) is 3.14. The Kier molecular flexibility index (Phi) is 4.62. The molecule has 0 aromatic heterocycles. The van der Waals surface area contributed by atoms with Crippen molar-refractivity contribution < 1.29 is 18.1 Å². The van der Waals surface area contributed by atoms with Gasteiger partial charge in [0, 0.05) is 18.7 Å². The number of fused-ring (bicyclic) bond motifs is 1. The molecule has 0 spiro atoms. The Bertz CT molecular complexity index is 985. The summed E-state index contributed by atoms with van der Waals surface area (Å²) in [6.45, 7) is 3.99. The molecular formula is C18H20N2O5S. The summed E-state index contributed by atoms with van der Waals surface area (Å²) in [5.41, 5.74) is 2.79. The van der Waals surface area contributed by atoms with E-state index in [1.54, 1.807) is 18.2 Å². The molecule has 0 saturated heterocycles. The highest BCUT2D eigenvalue weighted by atomic mass is 32.2. The SMILES string of the molecule is COc1cc(C)c(C)cc1S(=O)(=O)N1CCCc2ccc([N+](=O)[O-])cc21. The number of benzene rings is 2. The topological polar surface area (TPSA) is 89.8 Å². The zero-order valence-electron chi connectivity index (χ0n) is 14.9. The molecule has 138 valence electrons. The Balaban J connectivity index is 2.18. The summed E-state index contributed by atoms with van der Waals surface area (Å²) in [5.74, 6) is 0.269. The van der Waals surface area contributed by atoms with E-state index < -0.39 is 14.9 Å². The van der Waals surface area contributed by atoms with Gasteiger partial charge in [-0.2, -0.15) is 0 Å². The van der Waals surface area contributed by atoms with Crippen molar-refractivity contribution in [3.05, 3.63) is 57.1 Å². The first kappa shape index (κ1) is 18.2. The van der Waals surface area contributed by atoms with Crippen molar-refractivity contribution in [3.63, 3.8) is 0 Å². The number of sulfonamides is 1. The number of nitro benzene ring substituents is 1. The van der Waals surface area contributed by atoms with Crippen LogP contribution in [0, 0.1) is 24.0 Å². The third-order valence-electron chi connectivity index (χ3n) is 4.70. The summed E-state index contributed by atoms with van der Waals surface area (Å²) in [6, 6.07) is 7.66. The number of nitrogens with zero attached hydrogens (tertiary/aromatic N) is 2. The van der Waals surface area contributed by atoms with Gasteiger partial charge in [0.05, 0.1) is 17.7 Å². The van der Waals surface area contributed by atoms with Crippen LogP contribution in [0.25, 0.3) is 0 Å². The number of aryl methyl sites for hydroxylation is 3. The van der Waals surface area contributed by atoms with Crippen molar-refractivity contribution in [2.24, 2.45) is 0 Å². The van der Waals surface area contributed by atoms with Gasteiger partial charge >= 0.3 is 0 Å². The molecule has 0 saturated carbocycles. The Hall–Kier alpha value is -2.61. The monoisotopic (exact) mass is 376 g/mol. The predicted octanol–water partition coefficient (Wildman–Crippen LogP) is 3.36. The highest BCUT2D eigenvalue weighted by Gasteiger charge is 2.32. The molecule has 0 aliphatic carbocycles. The highest BCUT2D eigenvalue weighted by Crippen LogP contribution is 2.37. The van der Waals surface area contributed by atoms with E-state index in [2.05, 4.69) is 0 Å². The molecular weight excluding hydrogens is 356 g/mol. The number of nitro groups is 1. The maximum absolute atomic E-state index is 13.4. The van der Waals surface area contributed by atoms with E-state index in [1.165, 1.54) is 23.5 Å². The zero-order valence-corrected chi connectivity index (χ0v) is 15.7. The number of rotatable bonds is 4. The van der Waals surface area contributed by atoms with Gasteiger partial charge in [0.2, 0.25) is 0 Å². The van der Waals surface area contributed by atoms with Crippen LogP contribution in [-0.2, 0) is 16.4 Å². The van der Waals surface area contributed by atoms with E-state index in [9.17, 15) is 18.5 Å². The quantitative estimate of drug-likeness (QED) is 0.603. The lowest BCUT2D eigenvalue weighted by atomic mass is 10.0. The van der Waals surface area contributed by atoms with Crippen LogP contribution in [0.5, 0.6) is 5.75 Å². The molecule has 0 fully saturated rings. The van der Waals surface area contributed by atoms with E-state index >= 15 is 0 Å². The van der Waals surface area contributed by atoms with Gasteiger partial charge in [0.1, 0.15) is 10.6 Å². The predicted molar refractivity (Wildman–Crippen MR) is 98.4 cm³/mol. The van der Waals surface area contributed by atoms with E-state index in [4.69, 9.17) is 4.74 Å². The first-order valence-corrected chi connectivity index (χ1v) is 9.65. The zero-order chi connectivity index (χ0) is 19.1. The van der Waals surface area contributed by atoms with Crippen LogP contribution in [0.4, 0.5) is 11.4 Å². The van der Waals surface area contributed by atoms with Crippen LogP contribution in [0.15, 0.2) is 35.2 Å². The van der Waals surface area contributed by atoms with Gasteiger partial charge in [-0.3, -0.25) is 14.4 Å². The number of non-ortho nitro benzene ring substituents is 1. The number of anilines is 1. The molecule has 0 amide bonds. The fourth-order valence-corrected chi connectivity index (χ4v) is 4.89. The molecule has 7 nitrogen and oxygen atoms in total. The molecule has 0 radical (unpaired) electrons. The van der Waals surface area contributed by atoms with Crippen LogP contribution < -0.4 is 9.04 Å². The van der Waals surface area contributed by atoms with Crippen LogP contribution in [-0.4, -0.2) is 27.0 Å². The number of hydrogen-bond acceptors (Lipinski definition) is 5. The van der Waals surface area contributed by atoms with Crippen LogP contribution in [0.1, 0.15) is 23.1 Å². The van der Waals surface area contributed by atoms with Crippen molar-refractivity contribution in [3.8, 4) is 5.75 Å². The van der Waals surface area contributed by atoms with Crippen LogP contribution in [0.3, 0.4) is 0 Å². The summed E-state index contributed by atoms with van der Waals surface area (Å²) in [6.07, 6.45) is 1.33. The number of methoxy groups -OCH3 is 1. The summed E-state index contributed by atoms with van der Waals surface area (Å²) < 4.78 is 33.3. The van der Waals surface area contributed by atoms with Crippen molar-refractivity contribution in [1.82, 2.24) is 0 Å². The average molecular weight is 376 g/mol. The van der Waals surface area contributed by atoms with Crippen molar-refractivity contribution in [1.29, 1.82) is 0 Å². The van der Waals surface area contributed by atoms with E-state index in [0.29, 0.717) is 18.5 Å². The fraction of sp³-hybridized carbons (Fsp3) is 0.333. The van der Waals surface area contributed by atoms with Crippen molar-refractivity contribution in [2.75, 3.05) is 18.0 Å². The summed E-state index contributed by atoms with van der Waals surface area (Å²) in [5, 5.41) is 11.1. The molecule has 0 atom stereocenters. The van der Waals surface area contributed by atoms with Gasteiger partial charge in [-0.1, -0.05) is 6.07 Å². The summed E-state index contributed by atoms with van der Waals surface area (Å²) >= 11 is 0. The van der Waals surface area contributed by atoms with E-state index in [0.717, 1.165) is 16.7 Å². The van der Waals surface area contributed by atoms with Gasteiger partial charge in [-0.15, -0.1) is 0 Å². The summed E-state index contributed by atoms with van der Waals surface area (Å²) in [4.78, 5) is 10.7. The van der Waals surface area contributed by atoms with E-state index in [-0.39, 0.29) is 22.9 Å². The first-order valence-electron chi connectivity index (χ1n) is 8.21. The molecule has 0 unspecified atom stereocenters. The van der Waals surface area contributed by atoms with Crippen LogP contribution in [0.2, 0.25) is 0 Å². The highest BCUT2D eigenvalue weighted by molar-refractivity contribution is 7.93. The molecule has 1 heterocycles. The number of ether oxygens (including phenoxy) is 1. The lowest BCUT2D eigenvalue weighted by Gasteiger charge is -2.31. The maximum Gasteiger partial charge on any atom is 0.271 e. The molecule has 8 heteroatoms. The number of hydrogen-bond donors (Lipinski definition) is 0. The van der Waals surface area contributed by atoms with Gasteiger partial charge in [-0.25, -0.2) is 8.42 Å². The van der Waals surface area contributed by atoms with Crippen molar-refractivity contribution >= 4 is 21.4 Å². The lowest BCUT2D eigenvalue weighted by molar-refractivity contribution is -0.384. The van der Waals surface area contributed by atoms with Crippen molar-refractivity contribution in [2.45, 2.75) is 31.6 Å². The second kappa shape index (κ2) is 6.60. The Morgan fingerprint density at radius 3 is 2.50 bits per heavy atom. The smallest absolute Gasteiger partial charge is 0.271 e. The third kappa shape index (κ3) is 3.01. The third-order valence-corrected chi connectivity index (χ3v) is 6.54. The normalized spacial score (nSPS) is 14.0.